The Kier molecular flexibility index (Phi) is 2.40. The van der Waals surface area contributed by atoms with Crippen LogP contribution < -0.4 is 15.8 Å². The summed E-state index contributed by atoms with van der Waals surface area (Å²) in [5.74, 6) is 1.51. The van der Waals surface area contributed by atoms with Crippen LogP contribution in [0, 0.1) is 0 Å². The zero-order valence-corrected chi connectivity index (χ0v) is 8.19. The molecule has 4 N–H and O–H groups in total. The molecule has 0 saturated heterocycles. The standard InChI is InChI=1S/C9H11N5O/c1-15-9-7(8(10)13-14-9)12-6-4-2-3-5-11-6/h2-5H,1H3,(H,11,12)(H3,10,13,14). The number of hydrogen-bond donors (Lipinski definition) is 3. The molecule has 0 spiro atoms. The van der Waals surface area contributed by atoms with Gasteiger partial charge in [-0.05, 0) is 12.1 Å². The second-order valence-electron chi connectivity index (χ2n) is 2.86. The number of anilines is 3. The lowest BCUT2D eigenvalue weighted by atomic mass is 10.4. The van der Waals surface area contributed by atoms with E-state index >= 15 is 0 Å². The maximum Gasteiger partial charge on any atom is 0.258 e. The minimum absolute atomic E-state index is 0.414. The Morgan fingerprint density at radius 3 is 3.00 bits per heavy atom. The number of aromatic amines is 1. The van der Waals surface area contributed by atoms with Crippen LogP contribution in [0.5, 0.6) is 5.88 Å². The first kappa shape index (κ1) is 9.32. The molecule has 0 saturated carbocycles. The van der Waals surface area contributed by atoms with Crippen molar-refractivity contribution in [1.29, 1.82) is 0 Å². The summed E-state index contributed by atoms with van der Waals surface area (Å²) in [6.07, 6.45) is 1.69. The van der Waals surface area contributed by atoms with Crippen molar-refractivity contribution >= 4 is 17.3 Å². The van der Waals surface area contributed by atoms with Crippen LogP contribution in [0.2, 0.25) is 0 Å². The van der Waals surface area contributed by atoms with Gasteiger partial charge in [0.15, 0.2) is 0 Å². The van der Waals surface area contributed by atoms with Crippen LogP contribution in [0.4, 0.5) is 17.3 Å². The molecular formula is C9H11N5O. The predicted molar refractivity (Wildman–Crippen MR) is 57.1 cm³/mol. The predicted octanol–water partition coefficient (Wildman–Crippen LogP) is 1.14. The number of pyridine rings is 1. The number of nitrogens with zero attached hydrogens (tertiary/aromatic N) is 2. The zero-order chi connectivity index (χ0) is 10.7. The maximum atomic E-state index is 5.68. The first-order valence-corrected chi connectivity index (χ1v) is 4.37. The first-order chi connectivity index (χ1) is 7.31. The molecule has 0 unspecified atom stereocenters. The van der Waals surface area contributed by atoms with Crippen LogP contribution in [0.25, 0.3) is 0 Å². The molecule has 0 atom stereocenters. The Balaban J connectivity index is 2.27. The monoisotopic (exact) mass is 205 g/mol. The molecule has 2 aromatic heterocycles. The molecule has 0 bridgehead atoms. The van der Waals surface area contributed by atoms with Crippen LogP contribution in [0.15, 0.2) is 24.4 Å². The normalized spacial score (nSPS) is 9.93. The van der Waals surface area contributed by atoms with E-state index in [4.69, 9.17) is 10.5 Å². The molecule has 2 aromatic rings. The van der Waals surface area contributed by atoms with E-state index in [-0.39, 0.29) is 0 Å². The van der Waals surface area contributed by atoms with E-state index in [9.17, 15) is 0 Å². The summed E-state index contributed by atoms with van der Waals surface area (Å²) in [4.78, 5) is 4.11. The summed E-state index contributed by atoms with van der Waals surface area (Å²) in [5, 5.41) is 9.51. The number of rotatable bonds is 3. The highest BCUT2D eigenvalue weighted by molar-refractivity contribution is 5.73. The number of ether oxygens (including phenoxy) is 1. The lowest BCUT2D eigenvalue weighted by Gasteiger charge is -2.04. The van der Waals surface area contributed by atoms with Crippen molar-refractivity contribution in [1.82, 2.24) is 15.2 Å². The topological polar surface area (TPSA) is 88.8 Å². The molecule has 6 nitrogen and oxygen atoms in total. The van der Waals surface area contributed by atoms with Crippen LogP contribution >= 0.6 is 0 Å². The smallest absolute Gasteiger partial charge is 0.258 e. The molecule has 0 aliphatic rings. The van der Waals surface area contributed by atoms with Crippen LogP contribution in [0.1, 0.15) is 0 Å². The van der Waals surface area contributed by atoms with Gasteiger partial charge in [0.05, 0.1) is 7.11 Å². The molecule has 78 valence electrons. The Bertz CT molecular complexity index is 439. The Hall–Kier alpha value is -2.24. The van der Waals surface area contributed by atoms with Gasteiger partial charge in [-0.15, -0.1) is 5.10 Å². The molecule has 2 heterocycles. The van der Waals surface area contributed by atoms with E-state index in [0.717, 1.165) is 0 Å². The van der Waals surface area contributed by atoms with Crippen molar-refractivity contribution in [3.05, 3.63) is 24.4 Å². The van der Waals surface area contributed by atoms with Gasteiger partial charge in [0.1, 0.15) is 17.3 Å². The molecule has 0 aliphatic carbocycles. The SMILES string of the molecule is COc1n[nH]c(N)c1Nc1ccccn1. The minimum Gasteiger partial charge on any atom is -0.478 e. The number of hydrogen-bond acceptors (Lipinski definition) is 5. The van der Waals surface area contributed by atoms with Crippen molar-refractivity contribution < 1.29 is 4.74 Å². The summed E-state index contributed by atoms with van der Waals surface area (Å²) >= 11 is 0. The van der Waals surface area contributed by atoms with Crippen molar-refractivity contribution in [3.8, 4) is 5.88 Å². The third-order valence-electron chi connectivity index (χ3n) is 1.87. The molecule has 0 amide bonds. The van der Waals surface area contributed by atoms with Crippen molar-refractivity contribution in [2.24, 2.45) is 0 Å². The fraction of sp³-hybridized carbons (Fsp3) is 0.111. The fourth-order valence-corrected chi connectivity index (χ4v) is 1.17. The van der Waals surface area contributed by atoms with Gasteiger partial charge < -0.3 is 15.8 Å². The first-order valence-electron chi connectivity index (χ1n) is 4.37. The Morgan fingerprint density at radius 1 is 1.47 bits per heavy atom. The number of nitrogens with two attached hydrogens (primary N) is 1. The van der Waals surface area contributed by atoms with Crippen LogP contribution in [-0.4, -0.2) is 22.3 Å². The summed E-state index contributed by atoms with van der Waals surface area (Å²) < 4.78 is 5.03. The zero-order valence-electron chi connectivity index (χ0n) is 8.19. The van der Waals surface area contributed by atoms with E-state index in [0.29, 0.717) is 23.2 Å². The Morgan fingerprint density at radius 2 is 2.33 bits per heavy atom. The fourth-order valence-electron chi connectivity index (χ4n) is 1.17. The number of nitrogens with one attached hydrogen (secondary N) is 2. The van der Waals surface area contributed by atoms with Gasteiger partial charge in [0, 0.05) is 6.20 Å². The van der Waals surface area contributed by atoms with Crippen LogP contribution in [0.3, 0.4) is 0 Å². The maximum absolute atomic E-state index is 5.68. The molecular weight excluding hydrogens is 194 g/mol. The van der Waals surface area contributed by atoms with Crippen molar-refractivity contribution in [2.75, 3.05) is 18.2 Å². The average molecular weight is 205 g/mol. The van der Waals surface area contributed by atoms with Crippen molar-refractivity contribution in [3.63, 3.8) is 0 Å². The summed E-state index contributed by atoms with van der Waals surface area (Å²) in [6, 6.07) is 5.53. The molecule has 6 heteroatoms. The summed E-state index contributed by atoms with van der Waals surface area (Å²) in [6.45, 7) is 0. The molecule has 0 aromatic carbocycles. The Labute approximate surface area is 86.5 Å². The lowest BCUT2D eigenvalue weighted by Crippen LogP contribution is -1.97. The van der Waals surface area contributed by atoms with Gasteiger partial charge in [0.2, 0.25) is 0 Å². The van der Waals surface area contributed by atoms with Gasteiger partial charge in [-0.25, -0.2) is 4.98 Å². The highest BCUT2D eigenvalue weighted by atomic mass is 16.5. The number of methoxy groups -OCH3 is 1. The molecule has 15 heavy (non-hydrogen) atoms. The number of aromatic nitrogens is 3. The van der Waals surface area contributed by atoms with Gasteiger partial charge >= 0.3 is 0 Å². The third kappa shape index (κ3) is 1.83. The van der Waals surface area contributed by atoms with E-state index in [1.165, 1.54) is 7.11 Å². The second kappa shape index (κ2) is 3.87. The summed E-state index contributed by atoms with van der Waals surface area (Å²) in [7, 11) is 1.53. The molecule has 0 fully saturated rings. The van der Waals surface area contributed by atoms with Gasteiger partial charge in [-0.2, -0.15) is 0 Å². The average Bonchev–Trinajstić information content (AvgIpc) is 2.62. The quantitative estimate of drug-likeness (QED) is 0.699. The highest BCUT2D eigenvalue weighted by Crippen LogP contribution is 2.29. The van der Waals surface area contributed by atoms with Crippen LogP contribution in [-0.2, 0) is 0 Å². The van der Waals surface area contributed by atoms with E-state index in [2.05, 4.69) is 20.5 Å². The van der Waals surface area contributed by atoms with E-state index < -0.39 is 0 Å². The third-order valence-corrected chi connectivity index (χ3v) is 1.87. The van der Waals surface area contributed by atoms with E-state index in [1.807, 2.05) is 18.2 Å². The largest absolute Gasteiger partial charge is 0.478 e. The highest BCUT2D eigenvalue weighted by Gasteiger charge is 2.11. The van der Waals surface area contributed by atoms with Gasteiger partial charge in [-0.3, -0.25) is 5.10 Å². The van der Waals surface area contributed by atoms with Gasteiger partial charge in [-0.1, -0.05) is 6.07 Å². The molecule has 0 aliphatic heterocycles. The minimum atomic E-state index is 0.414. The molecule has 0 radical (unpaired) electrons. The second-order valence-corrected chi connectivity index (χ2v) is 2.86. The number of H-pyrrole nitrogens is 1. The molecule has 2 rings (SSSR count). The number of nitrogen functional groups attached to an aromatic ring is 1. The van der Waals surface area contributed by atoms with E-state index in [1.54, 1.807) is 6.20 Å². The van der Waals surface area contributed by atoms with Gasteiger partial charge in [0.25, 0.3) is 5.88 Å². The summed E-state index contributed by atoms with van der Waals surface area (Å²) in [5.41, 5.74) is 6.27. The lowest BCUT2D eigenvalue weighted by molar-refractivity contribution is 0.399. The van der Waals surface area contributed by atoms with Crippen molar-refractivity contribution in [2.45, 2.75) is 0 Å².